The highest BCUT2D eigenvalue weighted by molar-refractivity contribution is 5.33. The third-order valence-corrected chi connectivity index (χ3v) is 4.04. The van der Waals surface area contributed by atoms with Crippen molar-refractivity contribution in [3.8, 4) is 0 Å². The summed E-state index contributed by atoms with van der Waals surface area (Å²) in [6.07, 6.45) is 2.51. The van der Waals surface area contributed by atoms with Gasteiger partial charge in [-0.3, -0.25) is 4.90 Å². The van der Waals surface area contributed by atoms with E-state index in [2.05, 4.69) is 34.5 Å². The molecular formula is C15H22N2O. The SMILES string of the molecule is c1ccc2c(c1)CNC2CCCN1CCOCC1. The van der Waals surface area contributed by atoms with E-state index in [1.165, 1.54) is 30.5 Å². The summed E-state index contributed by atoms with van der Waals surface area (Å²) in [6.45, 7) is 6.28. The summed E-state index contributed by atoms with van der Waals surface area (Å²) in [5, 5.41) is 3.62. The van der Waals surface area contributed by atoms with E-state index in [0.717, 1.165) is 32.8 Å². The molecule has 1 N–H and O–H groups in total. The van der Waals surface area contributed by atoms with Crippen LogP contribution in [0.25, 0.3) is 0 Å². The first-order valence-electron chi connectivity index (χ1n) is 7.05. The Hall–Kier alpha value is -0.900. The Morgan fingerprint density at radius 1 is 1.22 bits per heavy atom. The van der Waals surface area contributed by atoms with Crippen molar-refractivity contribution in [2.75, 3.05) is 32.8 Å². The summed E-state index contributed by atoms with van der Waals surface area (Å²) >= 11 is 0. The maximum absolute atomic E-state index is 5.37. The molecule has 1 aromatic carbocycles. The Kier molecular flexibility index (Phi) is 3.93. The van der Waals surface area contributed by atoms with Crippen LogP contribution < -0.4 is 5.32 Å². The molecule has 2 aliphatic rings. The lowest BCUT2D eigenvalue weighted by atomic mass is 10.0. The Morgan fingerprint density at radius 2 is 2.06 bits per heavy atom. The molecule has 0 radical (unpaired) electrons. The molecular weight excluding hydrogens is 224 g/mol. The molecule has 0 spiro atoms. The molecule has 98 valence electrons. The van der Waals surface area contributed by atoms with Gasteiger partial charge in [0.1, 0.15) is 0 Å². The van der Waals surface area contributed by atoms with Gasteiger partial charge in [-0.25, -0.2) is 0 Å². The molecule has 0 aromatic heterocycles. The highest BCUT2D eigenvalue weighted by Gasteiger charge is 2.20. The maximum Gasteiger partial charge on any atom is 0.0594 e. The second-order valence-corrected chi connectivity index (χ2v) is 5.23. The second-order valence-electron chi connectivity index (χ2n) is 5.23. The van der Waals surface area contributed by atoms with Crippen molar-refractivity contribution >= 4 is 0 Å². The molecule has 1 unspecified atom stereocenters. The fourth-order valence-corrected chi connectivity index (χ4v) is 2.98. The van der Waals surface area contributed by atoms with Gasteiger partial charge in [-0.05, 0) is 30.5 Å². The van der Waals surface area contributed by atoms with Gasteiger partial charge in [-0.2, -0.15) is 0 Å². The standard InChI is InChI=1S/C15H22N2O/c1-2-5-14-13(4-1)12-16-15(14)6-3-7-17-8-10-18-11-9-17/h1-2,4-5,15-16H,3,6-12H2. The Morgan fingerprint density at radius 3 is 2.94 bits per heavy atom. The monoisotopic (exact) mass is 246 g/mol. The van der Waals surface area contributed by atoms with Crippen molar-refractivity contribution in [1.82, 2.24) is 10.2 Å². The third kappa shape index (κ3) is 2.74. The van der Waals surface area contributed by atoms with E-state index in [-0.39, 0.29) is 0 Å². The molecule has 1 atom stereocenters. The van der Waals surface area contributed by atoms with E-state index in [0.29, 0.717) is 6.04 Å². The highest BCUT2D eigenvalue weighted by atomic mass is 16.5. The number of morpholine rings is 1. The number of benzene rings is 1. The minimum atomic E-state index is 0.572. The molecule has 2 aliphatic heterocycles. The smallest absolute Gasteiger partial charge is 0.0594 e. The largest absolute Gasteiger partial charge is 0.379 e. The second kappa shape index (κ2) is 5.83. The molecule has 3 nitrogen and oxygen atoms in total. The molecule has 1 saturated heterocycles. The molecule has 3 rings (SSSR count). The van der Waals surface area contributed by atoms with Crippen molar-refractivity contribution in [1.29, 1.82) is 0 Å². The van der Waals surface area contributed by atoms with Crippen LogP contribution in [0.4, 0.5) is 0 Å². The molecule has 0 amide bonds. The molecule has 1 fully saturated rings. The number of fused-ring (bicyclic) bond motifs is 1. The van der Waals surface area contributed by atoms with Crippen molar-refractivity contribution in [2.24, 2.45) is 0 Å². The predicted molar refractivity (Wildman–Crippen MR) is 72.5 cm³/mol. The van der Waals surface area contributed by atoms with E-state index in [1.54, 1.807) is 0 Å². The van der Waals surface area contributed by atoms with Crippen molar-refractivity contribution < 1.29 is 4.74 Å². The normalized spacial score (nSPS) is 24.1. The topological polar surface area (TPSA) is 24.5 Å². The molecule has 0 bridgehead atoms. The fraction of sp³-hybridized carbons (Fsp3) is 0.600. The van der Waals surface area contributed by atoms with E-state index in [1.807, 2.05) is 0 Å². The summed E-state index contributed by atoms with van der Waals surface area (Å²) in [6, 6.07) is 9.37. The lowest BCUT2D eigenvalue weighted by Crippen LogP contribution is -2.37. The first kappa shape index (κ1) is 12.2. The van der Waals surface area contributed by atoms with Crippen LogP contribution in [0, 0.1) is 0 Å². The number of ether oxygens (including phenoxy) is 1. The third-order valence-electron chi connectivity index (χ3n) is 4.04. The first-order chi connectivity index (χ1) is 8.93. The van der Waals surface area contributed by atoms with Crippen molar-refractivity contribution in [3.63, 3.8) is 0 Å². The van der Waals surface area contributed by atoms with Gasteiger partial charge in [-0.15, -0.1) is 0 Å². The van der Waals surface area contributed by atoms with Crippen LogP contribution in [-0.4, -0.2) is 37.7 Å². The molecule has 3 heteroatoms. The lowest BCUT2D eigenvalue weighted by Gasteiger charge is -2.26. The highest BCUT2D eigenvalue weighted by Crippen LogP contribution is 2.28. The summed E-state index contributed by atoms with van der Waals surface area (Å²) < 4.78 is 5.37. The van der Waals surface area contributed by atoms with Crippen molar-refractivity contribution in [2.45, 2.75) is 25.4 Å². The van der Waals surface area contributed by atoms with Crippen LogP contribution >= 0.6 is 0 Å². The van der Waals surface area contributed by atoms with Crippen LogP contribution in [0.5, 0.6) is 0 Å². The van der Waals surface area contributed by atoms with E-state index in [9.17, 15) is 0 Å². The van der Waals surface area contributed by atoms with Gasteiger partial charge in [-0.1, -0.05) is 24.3 Å². The fourth-order valence-electron chi connectivity index (χ4n) is 2.98. The number of nitrogens with one attached hydrogen (secondary N) is 1. The number of hydrogen-bond donors (Lipinski definition) is 1. The summed E-state index contributed by atoms with van der Waals surface area (Å²) in [4.78, 5) is 2.52. The first-order valence-corrected chi connectivity index (χ1v) is 7.05. The molecule has 1 aromatic rings. The zero-order valence-electron chi connectivity index (χ0n) is 10.9. The Bertz CT molecular complexity index is 388. The zero-order valence-corrected chi connectivity index (χ0v) is 10.9. The Balaban J connectivity index is 1.47. The van der Waals surface area contributed by atoms with E-state index >= 15 is 0 Å². The van der Waals surface area contributed by atoms with Crippen LogP contribution in [-0.2, 0) is 11.3 Å². The minimum Gasteiger partial charge on any atom is -0.379 e. The molecule has 0 saturated carbocycles. The van der Waals surface area contributed by atoms with Crippen LogP contribution in [0.2, 0.25) is 0 Å². The van der Waals surface area contributed by atoms with Crippen LogP contribution in [0.3, 0.4) is 0 Å². The Labute approximate surface area is 109 Å². The number of nitrogens with zero attached hydrogens (tertiary/aromatic N) is 1. The predicted octanol–water partition coefficient (Wildman–Crippen LogP) is 1.94. The average molecular weight is 246 g/mol. The molecule has 0 aliphatic carbocycles. The maximum atomic E-state index is 5.37. The average Bonchev–Trinajstić information content (AvgIpc) is 2.84. The van der Waals surface area contributed by atoms with E-state index < -0.39 is 0 Å². The van der Waals surface area contributed by atoms with Crippen molar-refractivity contribution in [3.05, 3.63) is 35.4 Å². The number of rotatable bonds is 4. The van der Waals surface area contributed by atoms with Crippen LogP contribution in [0.1, 0.15) is 30.0 Å². The summed E-state index contributed by atoms with van der Waals surface area (Å²) in [5.74, 6) is 0. The van der Waals surface area contributed by atoms with Gasteiger partial charge in [0.15, 0.2) is 0 Å². The quantitative estimate of drug-likeness (QED) is 0.878. The van der Waals surface area contributed by atoms with E-state index in [4.69, 9.17) is 4.74 Å². The summed E-state index contributed by atoms with van der Waals surface area (Å²) in [5.41, 5.74) is 2.99. The molecule has 18 heavy (non-hydrogen) atoms. The molecule has 2 heterocycles. The van der Waals surface area contributed by atoms with Gasteiger partial charge in [0.2, 0.25) is 0 Å². The van der Waals surface area contributed by atoms with Gasteiger partial charge in [0.25, 0.3) is 0 Å². The zero-order chi connectivity index (χ0) is 12.2. The van der Waals surface area contributed by atoms with Gasteiger partial charge in [0.05, 0.1) is 13.2 Å². The van der Waals surface area contributed by atoms with Crippen LogP contribution in [0.15, 0.2) is 24.3 Å². The van der Waals surface area contributed by atoms with Gasteiger partial charge in [0, 0.05) is 25.7 Å². The lowest BCUT2D eigenvalue weighted by molar-refractivity contribution is 0.0369. The minimum absolute atomic E-state index is 0.572. The number of hydrogen-bond acceptors (Lipinski definition) is 3. The van der Waals surface area contributed by atoms with Gasteiger partial charge >= 0.3 is 0 Å². The van der Waals surface area contributed by atoms with Gasteiger partial charge < -0.3 is 10.1 Å². The summed E-state index contributed by atoms with van der Waals surface area (Å²) in [7, 11) is 0.